The monoisotopic (exact) mass is 332 g/mol. The van der Waals surface area contributed by atoms with E-state index < -0.39 is 11.5 Å². The fraction of sp³-hybridized carbons (Fsp3) is 0.235. The molecule has 2 aromatic rings. The number of ether oxygens (including phenoxy) is 1. The highest BCUT2D eigenvalue weighted by Gasteiger charge is 2.51. The lowest BCUT2D eigenvalue weighted by atomic mass is 9.88. The average molecular weight is 333 g/mol. The average Bonchev–Trinajstić information content (AvgIpc) is 2.56. The minimum absolute atomic E-state index is 0.303. The minimum Gasteiger partial charge on any atom is -0.347 e. The van der Waals surface area contributed by atoms with Gasteiger partial charge in [0.2, 0.25) is 5.72 Å². The van der Waals surface area contributed by atoms with Gasteiger partial charge in [-0.2, -0.15) is 0 Å². The van der Waals surface area contributed by atoms with Crippen molar-refractivity contribution in [2.75, 3.05) is 18.5 Å². The molecule has 0 bridgehead atoms. The van der Waals surface area contributed by atoms with Crippen molar-refractivity contribution in [1.82, 2.24) is 4.90 Å². The fourth-order valence-corrected chi connectivity index (χ4v) is 3.51. The normalized spacial score (nSPS) is 23.0. The van der Waals surface area contributed by atoms with E-state index in [-0.39, 0.29) is 6.03 Å². The molecule has 1 atom stereocenters. The molecule has 1 N–H and O–H groups in total. The highest BCUT2D eigenvalue weighted by atomic mass is 35.5. The molecular weight excluding hydrogens is 319 g/mol. The lowest BCUT2D eigenvalue weighted by Gasteiger charge is -2.50. The molecule has 2 aromatic carbocycles. The molecule has 0 aromatic heterocycles. The van der Waals surface area contributed by atoms with E-state index in [9.17, 15) is 9.18 Å². The van der Waals surface area contributed by atoms with Gasteiger partial charge < -0.3 is 10.1 Å². The summed E-state index contributed by atoms with van der Waals surface area (Å²) in [6.07, 6.45) is 0.694. The van der Waals surface area contributed by atoms with E-state index in [2.05, 4.69) is 5.32 Å². The molecule has 1 unspecified atom stereocenters. The summed E-state index contributed by atoms with van der Waals surface area (Å²) >= 11 is 6.15. The molecule has 0 spiro atoms. The summed E-state index contributed by atoms with van der Waals surface area (Å²) in [7, 11) is 0. The first kappa shape index (κ1) is 14.5. The van der Waals surface area contributed by atoms with Gasteiger partial charge in [-0.15, -0.1) is 0 Å². The van der Waals surface area contributed by atoms with Crippen molar-refractivity contribution in [2.45, 2.75) is 12.1 Å². The van der Waals surface area contributed by atoms with Crippen molar-refractivity contribution in [3.8, 4) is 0 Å². The number of anilines is 1. The molecule has 0 saturated carbocycles. The molecule has 2 aliphatic heterocycles. The van der Waals surface area contributed by atoms with Gasteiger partial charge in [0.15, 0.2) is 0 Å². The van der Waals surface area contributed by atoms with Gasteiger partial charge in [-0.1, -0.05) is 29.8 Å². The maximum Gasteiger partial charge on any atom is 0.324 e. The van der Waals surface area contributed by atoms with Crippen LogP contribution >= 0.6 is 11.6 Å². The van der Waals surface area contributed by atoms with Gasteiger partial charge in [-0.3, -0.25) is 4.90 Å². The maximum atomic E-state index is 14.6. The summed E-state index contributed by atoms with van der Waals surface area (Å²) in [5, 5.41) is 3.33. The molecule has 23 heavy (non-hydrogen) atoms. The summed E-state index contributed by atoms with van der Waals surface area (Å²) in [5.74, 6) is -0.417. The van der Waals surface area contributed by atoms with Crippen molar-refractivity contribution in [2.24, 2.45) is 0 Å². The molecule has 0 radical (unpaired) electrons. The molecule has 1 saturated heterocycles. The number of fused-ring (bicyclic) bond motifs is 3. The Labute approximate surface area is 137 Å². The van der Waals surface area contributed by atoms with Crippen LogP contribution in [0.25, 0.3) is 0 Å². The smallest absolute Gasteiger partial charge is 0.324 e. The Morgan fingerprint density at radius 3 is 2.87 bits per heavy atom. The third-order valence-corrected chi connectivity index (χ3v) is 4.52. The van der Waals surface area contributed by atoms with Crippen LogP contribution in [0.2, 0.25) is 5.02 Å². The second-order valence-electron chi connectivity index (χ2n) is 5.60. The number of carbonyl (C=O) groups is 1. The van der Waals surface area contributed by atoms with Crippen molar-refractivity contribution in [3.05, 3.63) is 64.4 Å². The molecule has 1 fully saturated rings. The number of benzene rings is 2. The second kappa shape index (κ2) is 5.22. The van der Waals surface area contributed by atoms with Crippen LogP contribution in [-0.4, -0.2) is 24.1 Å². The molecular formula is C17H14ClFN2O2. The largest absolute Gasteiger partial charge is 0.347 e. The number of nitrogens with zero attached hydrogens (tertiary/aromatic N) is 1. The number of hydrogen-bond acceptors (Lipinski definition) is 2. The maximum absolute atomic E-state index is 14.6. The fourth-order valence-electron chi connectivity index (χ4n) is 3.34. The van der Waals surface area contributed by atoms with E-state index in [1.54, 1.807) is 36.4 Å². The first-order valence-corrected chi connectivity index (χ1v) is 7.78. The van der Waals surface area contributed by atoms with Crippen molar-refractivity contribution < 1.29 is 13.9 Å². The number of nitrogens with one attached hydrogen (secondary N) is 1. The zero-order valence-corrected chi connectivity index (χ0v) is 12.9. The van der Waals surface area contributed by atoms with E-state index in [1.165, 1.54) is 11.0 Å². The molecule has 118 valence electrons. The summed E-state index contributed by atoms with van der Waals surface area (Å²) in [6.45, 7) is 0.913. The van der Waals surface area contributed by atoms with Crippen LogP contribution in [0.1, 0.15) is 17.5 Å². The number of amides is 2. The van der Waals surface area contributed by atoms with Crippen LogP contribution in [0, 0.1) is 5.82 Å². The minimum atomic E-state index is -1.29. The van der Waals surface area contributed by atoms with Crippen molar-refractivity contribution in [1.29, 1.82) is 0 Å². The van der Waals surface area contributed by atoms with Gasteiger partial charge in [0.25, 0.3) is 0 Å². The topological polar surface area (TPSA) is 41.6 Å². The van der Waals surface area contributed by atoms with E-state index in [4.69, 9.17) is 16.3 Å². The molecule has 6 heteroatoms. The third-order valence-electron chi connectivity index (χ3n) is 4.29. The van der Waals surface area contributed by atoms with Crippen LogP contribution < -0.4 is 5.32 Å². The third kappa shape index (κ3) is 2.04. The second-order valence-corrected chi connectivity index (χ2v) is 6.03. The van der Waals surface area contributed by atoms with Crippen LogP contribution in [0.15, 0.2) is 42.5 Å². The lowest BCUT2D eigenvalue weighted by Crippen LogP contribution is -2.60. The number of rotatable bonds is 1. The Bertz CT molecular complexity index is 798. The SMILES string of the molecule is O=C1Nc2ccc(Cl)cc2C2(c3ccccc3F)OCCCN12. The van der Waals surface area contributed by atoms with Crippen molar-refractivity contribution >= 4 is 23.3 Å². The van der Waals surface area contributed by atoms with Gasteiger partial charge >= 0.3 is 6.03 Å². The first-order chi connectivity index (χ1) is 11.1. The predicted molar refractivity (Wildman–Crippen MR) is 84.9 cm³/mol. The van der Waals surface area contributed by atoms with Crippen LogP contribution in [0.3, 0.4) is 0 Å². The number of urea groups is 1. The molecule has 2 amide bonds. The van der Waals surface area contributed by atoms with Gasteiger partial charge in [0.05, 0.1) is 12.3 Å². The molecule has 4 nitrogen and oxygen atoms in total. The predicted octanol–water partition coefficient (Wildman–Crippen LogP) is 3.95. The van der Waals surface area contributed by atoms with Crippen LogP contribution in [0.5, 0.6) is 0 Å². The Morgan fingerprint density at radius 2 is 2.04 bits per heavy atom. The quantitative estimate of drug-likeness (QED) is 0.859. The molecule has 0 aliphatic carbocycles. The number of hydrogen-bond donors (Lipinski definition) is 1. The van der Waals surface area contributed by atoms with Gasteiger partial charge in [0.1, 0.15) is 5.82 Å². The summed E-state index contributed by atoms with van der Waals surface area (Å²) < 4.78 is 20.6. The Kier molecular flexibility index (Phi) is 3.28. The van der Waals surface area contributed by atoms with Gasteiger partial charge in [-0.05, 0) is 30.7 Å². The van der Waals surface area contributed by atoms with E-state index in [1.807, 2.05) is 0 Å². The number of carbonyl (C=O) groups excluding carboxylic acids is 1. The Morgan fingerprint density at radius 1 is 1.22 bits per heavy atom. The summed E-state index contributed by atoms with van der Waals surface area (Å²) in [5.41, 5.74) is 0.264. The highest BCUT2D eigenvalue weighted by molar-refractivity contribution is 6.30. The molecule has 2 aliphatic rings. The Hall–Kier alpha value is -2.11. The molecule has 4 rings (SSSR count). The molecule has 2 heterocycles. The standard InChI is InChI=1S/C17H14ClFN2O2/c18-11-6-7-15-13(10-11)17(12-4-1-2-5-14(12)19)21(16(22)20-15)8-3-9-23-17/h1-2,4-7,10H,3,8-9H2,(H,20,22). The lowest BCUT2D eigenvalue weighted by molar-refractivity contribution is -0.144. The summed E-state index contributed by atoms with van der Waals surface area (Å²) in [4.78, 5) is 14.1. The van der Waals surface area contributed by atoms with E-state index >= 15 is 0 Å². The first-order valence-electron chi connectivity index (χ1n) is 7.40. The van der Waals surface area contributed by atoms with E-state index in [0.717, 1.165) is 0 Å². The van der Waals surface area contributed by atoms with Gasteiger partial charge in [-0.25, -0.2) is 9.18 Å². The number of halogens is 2. The zero-order valence-electron chi connectivity index (χ0n) is 12.2. The Balaban J connectivity index is 2.05. The van der Waals surface area contributed by atoms with Crippen LogP contribution in [-0.2, 0) is 10.5 Å². The highest BCUT2D eigenvalue weighted by Crippen LogP contribution is 2.47. The van der Waals surface area contributed by atoms with Crippen molar-refractivity contribution in [3.63, 3.8) is 0 Å². The van der Waals surface area contributed by atoms with E-state index in [0.29, 0.717) is 41.4 Å². The summed E-state index contributed by atoms with van der Waals surface area (Å²) in [6, 6.07) is 11.2. The van der Waals surface area contributed by atoms with Gasteiger partial charge in [0, 0.05) is 22.7 Å². The zero-order chi connectivity index (χ0) is 16.0. The van der Waals surface area contributed by atoms with Crippen LogP contribution in [0.4, 0.5) is 14.9 Å².